The molecular formula is C22H22F2IN3O5S. The van der Waals surface area contributed by atoms with Gasteiger partial charge in [-0.15, -0.1) is 0 Å². The van der Waals surface area contributed by atoms with Gasteiger partial charge >= 0.3 is 6.08 Å². The second-order valence-corrected chi connectivity index (χ2v) is 10.8. The Morgan fingerprint density at radius 3 is 2.35 bits per heavy atom. The highest BCUT2D eigenvalue weighted by molar-refractivity contribution is 14.1. The van der Waals surface area contributed by atoms with E-state index in [9.17, 15) is 22.0 Å². The smallest absolute Gasteiger partial charge is 0.399 e. The molecule has 8 nitrogen and oxygen atoms in total. The van der Waals surface area contributed by atoms with Crippen molar-refractivity contribution in [2.75, 3.05) is 11.0 Å². The fraction of sp³-hybridized carbons (Fsp3) is 0.273. The summed E-state index contributed by atoms with van der Waals surface area (Å²) in [4.78, 5) is 16.6. The Hall–Kier alpha value is -2.74. The minimum absolute atomic E-state index is 0.0856. The fourth-order valence-corrected chi connectivity index (χ4v) is 3.95. The lowest BCUT2D eigenvalue weighted by Gasteiger charge is -2.15. The number of oxazole rings is 1. The fourth-order valence-electron chi connectivity index (χ4n) is 2.94. The van der Waals surface area contributed by atoms with Crippen LogP contribution in [-0.4, -0.2) is 25.6 Å². The Bertz CT molecular complexity index is 1300. The summed E-state index contributed by atoms with van der Waals surface area (Å²) in [5.74, 6) is -2.06. The van der Waals surface area contributed by atoms with Crippen LogP contribution in [0.25, 0.3) is 0 Å². The molecule has 1 aromatic heterocycles. The van der Waals surface area contributed by atoms with E-state index in [1.54, 1.807) is 4.72 Å². The molecule has 0 aliphatic heterocycles. The summed E-state index contributed by atoms with van der Waals surface area (Å²) in [7, 11) is -3.87. The molecule has 1 atom stereocenters. The van der Waals surface area contributed by atoms with Crippen LogP contribution in [-0.2, 0) is 10.0 Å². The second-order valence-electron chi connectivity index (χ2n) is 7.87. The van der Waals surface area contributed by atoms with Crippen LogP contribution in [0.15, 0.2) is 41.0 Å². The number of hydrogen-bond donors (Lipinski definition) is 2. The van der Waals surface area contributed by atoms with Crippen molar-refractivity contribution in [1.82, 2.24) is 10.3 Å². The number of anilines is 1. The van der Waals surface area contributed by atoms with Crippen LogP contribution >= 0.6 is 22.6 Å². The summed E-state index contributed by atoms with van der Waals surface area (Å²) in [6, 6.07) is 6.80. The number of ether oxygens (including phenoxy) is 1. The molecule has 2 aromatic carbocycles. The molecule has 0 saturated heterocycles. The normalized spacial score (nSPS) is 12.5. The van der Waals surface area contributed by atoms with Crippen LogP contribution in [0.1, 0.15) is 54.3 Å². The summed E-state index contributed by atoms with van der Waals surface area (Å²) >= 11 is 2.11. The van der Waals surface area contributed by atoms with Gasteiger partial charge < -0.3 is 14.5 Å². The predicted molar refractivity (Wildman–Crippen MR) is 131 cm³/mol. The summed E-state index contributed by atoms with van der Waals surface area (Å²) in [5, 5.41) is 2.56. The molecule has 0 bridgehead atoms. The SMILES string of the molecule is CC(C)c1ccc(I)c(Oc2nc(C(=O)N[C@H](C)c3cc(F)c(NS(C)(=O)=O)c(F)c3)co2)c1. The molecule has 3 rings (SSSR count). The number of nitrogens with one attached hydrogen (secondary N) is 2. The lowest BCUT2D eigenvalue weighted by molar-refractivity contribution is 0.0934. The van der Waals surface area contributed by atoms with Gasteiger partial charge in [0.1, 0.15) is 17.7 Å². The molecule has 3 aromatic rings. The Balaban J connectivity index is 1.72. The maximum Gasteiger partial charge on any atom is 0.399 e. The Morgan fingerprint density at radius 1 is 1.12 bits per heavy atom. The number of hydrogen-bond acceptors (Lipinski definition) is 6. The maximum atomic E-state index is 14.3. The number of rotatable bonds is 8. The van der Waals surface area contributed by atoms with Gasteiger partial charge in [-0.05, 0) is 70.8 Å². The van der Waals surface area contributed by atoms with Crippen LogP contribution in [0.5, 0.6) is 11.8 Å². The molecule has 2 N–H and O–H groups in total. The van der Waals surface area contributed by atoms with Crippen molar-refractivity contribution in [3.05, 3.63) is 68.6 Å². The monoisotopic (exact) mass is 605 g/mol. The zero-order valence-corrected chi connectivity index (χ0v) is 21.6. The van der Waals surface area contributed by atoms with Crippen molar-refractivity contribution in [3.8, 4) is 11.8 Å². The number of nitrogens with zero attached hydrogens (tertiary/aromatic N) is 1. The molecule has 0 aliphatic carbocycles. The molecule has 182 valence electrons. The summed E-state index contributed by atoms with van der Waals surface area (Å²) in [5.41, 5.74) is 0.265. The Morgan fingerprint density at radius 2 is 1.76 bits per heavy atom. The number of aromatic nitrogens is 1. The van der Waals surface area contributed by atoms with Gasteiger partial charge in [0.25, 0.3) is 5.91 Å². The molecule has 0 spiro atoms. The number of carbonyl (C=O) groups is 1. The van der Waals surface area contributed by atoms with Crippen molar-refractivity contribution < 1.29 is 31.1 Å². The van der Waals surface area contributed by atoms with Gasteiger partial charge in [0.15, 0.2) is 17.3 Å². The van der Waals surface area contributed by atoms with E-state index in [1.807, 2.05) is 32.0 Å². The van der Waals surface area contributed by atoms with Crippen molar-refractivity contribution in [3.63, 3.8) is 0 Å². The van der Waals surface area contributed by atoms with E-state index >= 15 is 0 Å². The van der Waals surface area contributed by atoms with Crippen molar-refractivity contribution in [1.29, 1.82) is 0 Å². The van der Waals surface area contributed by atoms with E-state index in [0.717, 1.165) is 33.8 Å². The first-order valence-electron chi connectivity index (χ1n) is 10.0. The Labute approximate surface area is 209 Å². The van der Waals surface area contributed by atoms with E-state index in [2.05, 4.69) is 32.9 Å². The van der Waals surface area contributed by atoms with Gasteiger partial charge in [0.05, 0.1) is 15.9 Å². The van der Waals surface area contributed by atoms with Gasteiger partial charge in [0.2, 0.25) is 10.0 Å². The third-order valence-corrected chi connectivity index (χ3v) is 6.20. The van der Waals surface area contributed by atoms with Crippen LogP contribution in [0.3, 0.4) is 0 Å². The van der Waals surface area contributed by atoms with Crippen molar-refractivity contribution in [2.24, 2.45) is 0 Å². The minimum Gasteiger partial charge on any atom is -0.416 e. The third-order valence-electron chi connectivity index (χ3n) is 4.73. The van der Waals surface area contributed by atoms with Crippen LogP contribution in [0, 0.1) is 15.2 Å². The van der Waals surface area contributed by atoms with Crippen molar-refractivity contribution in [2.45, 2.75) is 32.7 Å². The zero-order valence-electron chi connectivity index (χ0n) is 18.6. The van der Waals surface area contributed by atoms with Crippen molar-refractivity contribution >= 4 is 44.2 Å². The van der Waals surface area contributed by atoms with Crippen LogP contribution < -0.4 is 14.8 Å². The highest BCUT2D eigenvalue weighted by Crippen LogP contribution is 2.30. The molecule has 1 amide bonds. The first-order valence-corrected chi connectivity index (χ1v) is 13.0. The average Bonchev–Trinajstić information content (AvgIpc) is 3.20. The molecule has 12 heteroatoms. The first-order chi connectivity index (χ1) is 15.8. The summed E-state index contributed by atoms with van der Waals surface area (Å²) < 4.78 is 64.6. The molecule has 0 aliphatic rings. The largest absolute Gasteiger partial charge is 0.416 e. The predicted octanol–water partition coefficient (Wildman–Crippen LogP) is 5.34. The molecule has 1 heterocycles. The van der Waals surface area contributed by atoms with Gasteiger partial charge in [0, 0.05) is 0 Å². The first kappa shape index (κ1) is 25.9. The summed E-state index contributed by atoms with van der Waals surface area (Å²) in [6.45, 7) is 5.61. The number of benzene rings is 2. The van der Waals surface area contributed by atoms with Gasteiger partial charge in [-0.3, -0.25) is 9.52 Å². The second kappa shape index (κ2) is 10.3. The topological polar surface area (TPSA) is 111 Å². The minimum atomic E-state index is -3.87. The highest BCUT2D eigenvalue weighted by Gasteiger charge is 2.21. The molecule has 0 fully saturated rings. The standard InChI is InChI=1S/C22H22F2IN3O5S/c1-11(2)13-5-6-17(25)19(9-13)33-22-27-18(10-32-22)21(29)26-12(3)14-7-15(23)20(16(24)8-14)28-34(4,30)31/h5-12,28H,1-4H3,(H,26,29)/t12-/m1/s1. The van der Waals surface area contributed by atoms with Gasteiger partial charge in [-0.2, -0.15) is 4.98 Å². The maximum absolute atomic E-state index is 14.3. The molecule has 0 saturated carbocycles. The molecule has 34 heavy (non-hydrogen) atoms. The lowest BCUT2D eigenvalue weighted by Crippen LogP contribution is -2.27. The zero-order chi connectivity index (χ0) is 25.2. The van der Waals surface area contributed by atoms with Crippen LogP contribution in [0.4, 0.5) is 14.5 Å². The van der Waals surface area contributed by atoms with Gasteiger partial charge in [-0.1, -0.05) is 19.9 Å². The van der Waals surface area contributed by atoms with Crippen LogP contribution in [0.2, 0.25) is 0 Å². The van der Waals surface area contributed by atoms with E-state index in [4.69, 9.17) is 9.15 Å². The number of carbonyl (C=O) groups excluding carboxylic acids is 1. The molecular weight excluding hydrogens is 583 g/mol. The molecule has 0 radical (unpaired) electrons. The third kappa shape index (κ3) is 6.44. The number of amides is 1. The molecule has 0 unspecified atom stereocenters. The quantitative estimate of drug-likeness (QED) is 0.336. The average molecular weight is 605 g/mol. The van der Waals surface area contributed by atoms with E-state index in [0.29, 0.717) is 5.75 Å². The number of halogens is 3. The number of sulfonamides is 1. The summed E-state index contributed by atoms with van der Waals surface area (Å²) in [6.07, 6.45) is 1.75. The van der Waals surface area contributed by atoms with E-state index in [-0.39, 0.29) is 23.3 Å². The van der Waals surface area contributed by atoms with E-state index in [1.165, 1.54) is 6.92 Å². The Kier molecular flexibility index (Phi) is 7.81. The van der Waals surface area contributed by atoms with Gasteiger partial charge in [-0.25, -0.2) is 17.2 Å². The lowest BCUT2D eigenvalue weighted by atomic mass is 10.0. The highest BCUT2D eigenvalue weighted by atomic mass is 127. The van der Waals surface area contributed by atoms with E-state index < -0.39 is 39.3 Å².